The summed E-state index contributed by atoms with van der Waals surface area (Å²) < 4.78 is 45.2. The molecule has 0 saturated heterocycles. The first-order valence-electron chi connectivity index (χ1n) is 7.60. The van der Waals surface area contributed by atoms with Crippen LogP contribution < -0.4 is 0 Å². The van der Waals surface area contributed by atoms with Gasteiger partial charge in [-0.05, 0) is 23.8 Å². The van der Waals surface area contributed by atoms with Gasteiger partial charge < -0.3 is 9.84 Å². The zero-order valence-corrected chi connectivity index (χ0v) is 14.3. The summed E-state index contributed by atoms with van der Waals surface area (Å²) in [5, 5.41) is 9.06. The van der Waals surface area contributed by atoms with Crippen LogP contribution >= 0.6 is 11.6 Å². The molecule has 0 aromatic heterocycles. The van der Waals surface area contributed by atoms with Crippen LogP contribution in [-0.4, -0.2) is 17.7 Å². The van der Waals surface area contributed by atoms with Crippen LogP contribution in [0.3, 0.4) is 0 Å². The lowest BCUT2D eigenvalue weighted by Crippen LogP contribution is -2.33. The Morgan fingerprint density at radius 3 is 2.35 bits per heavy atom. The van der Waals surface area contributed by atoms with Gasteiger partial charge in [0.1, 0.15) is 12.2 Å². The number of carbonyl (C=O) groups is 1. The monoisotopic (exact) mass is 384 g/mol. The minimum atomic E-state index is -4.58. The number of aliphatic carboxylic acids is 1. The van der Waals surface area contributed by atoms with Crippen LogP contribution in [0.5, 0.6) is 0 Å². The second-order valence-corrected chi connectivity index (χ2v) is 5.97. The molecule has 0 aliphatic carbocycles. The molecule has 3 nitrogen and oxygen atoms in total. The van der Waals surface area contributed by atoms with E-state index in [4.69, 9.17) is 21.4 Å². The van der Waals surface area contributed by atoms with Crippen molar-refractivity contribution in [3.05, 3.63) is 82.9 Å². The van der Waals surface area contributed by atoms with E-state index >= 15 is 0 Å². The highest BCUT2D eigenvalue weighted by Gasteiger charge is 2.39. The number of halogens is 4. The molecule has 2 aromatic rings. The maximum atomic E-state index is 13.2. The van der Waals surface area contributed by atoms with E-state index in [2.05, 4.69) is 6.58 Å². The average Bonchev–Trinajstić information content (AvgIpc) is 2.59. The number of alkyl halides is 3. The Morgan fingerprint density at radius 1 is 1.15 bits per heavy atom. The van der Waals surface area contributed by atoms with E-state index in [0.29, 0.717) is 5.56 Å². The smallest absolute Gasteiger partial charge is 0.416 e. The topological polar surface area (TPSA) is 46.5 Å². The fraction of sp³-hybridized carbons (Fsp3) is 0.211. The predicted octanol–water partition coefficient (Wildman–Crippen LogP) is 5.28. The molecule has 0 aliphatic heterocycles. The Morgan fingerprint density at radius 2 is 1.81 bits per heavy atom. The molecule has 1 N–H and O–H groups in total. The van der Waals surface area contributed by atoms with Crippen LogP contribution in [0, 0.1) is 0 Å². The molecule has 0 aliphatic rings. The highest BCUT2D eigenvalue weighted by atomic mass is 35.5. The van der Waals surface area contributed by atoms with Crippen molar-refractivity contribution in [2.45, 2.75) is 18.2 Å². The van der Waals surface area contributed by atoms with E-state index in [9.17, 15) is 18.0 Å². The Labute approximate surface area is 153 Å². The normalized spacial score (nSPS) is 13.8. The van der Waals surface area contributed by atoms with Gasteiger partial charge in [-0.2, -0.15) is 13.2 Å². The number of ether oxygens (including phenoxy) is 1. The summed E-state index contributed by atoms with van der Waals surface area (Å²) >= 11 is 6.20. The fourth-order valence-electron chi connectivity index (χ4n) is 2.71. The van der Waals surface area contributed by atoms with Crippen molar-refractivity contribution in [2.75, 3.05) is 6.61 Å². The molecule has 0 heterocycles. The summed E-state index contributed by atoms with van der Waals surface area (Å²) in [4.78, 5) is 11.1. The SMILES string of the molecule is C=CCC(OCC(=O)O)(c1ccccc1)c1cc(C(F)(F)F)ccc1Cl. The van der Waals surface area contributed by atoms with Gasteiger partial charge in [0, 0.05) is 17.0 Å². The summed E-state index contributed by atoms with van der Waals surface area (Å²) in [5.41, 5.74) is -1.91. The second-order valence-electron chi connectivity index (χ2n) is 5.56. The standard InChI is InChI=1S/C19H16ClF3O3/c1-2-10-18(26-12-17(24)25,13-6-4-3-5-7-13)15-11-14(19(21,22)23)8-9-16(15)20/h2-9,11H,1,10,12H2,(H,24,25). The highest BCUT2D eigenvalue weighted by Crippen LogP contribution is 2.43. The van der Waals surface area contributed by atoms with Crippen LogP contribution in [-0.2, 0) is 21.3 Å². The minimum absolute atomic E-state index is 0.0290. The van der Waals surface area contributed by atoms with Crippen molar-refractivity contribution in [1.29, 1.82) is 0 Å². The molecule has 0 saturated carbocycles. The first kappa shape index (κ1) is 20.0. The zero-order chi connectivity index (χ0) is 19.4. The summed E-state index contributed by atoms with van der Waals surface area (Å²) in [7, 11) is 0. The Bertz CT molecular complexity index is 790. The lowest BCUT2D eigenvalue weighted by molar-refractivity contribution is -0.148. The van der Waals surface area contributed by atoms with E-state index in [-0.39, 0.29) is 17.0 Å². The van der Waals surface area contributed by atoms with Crippen LogP contribution in [0.15, 0.2) is 61.2 Å². The van der Waals surface area contributed by atoms with E-state index in [1.54, 1.807) is 30.3 Å². The average molecular weight is 385 g/mol. The number of rotatable bonds is 7. The predicted molar refractivity (Wildman–Crippen MR) is 92.1 cm³/mol. The second kappa shape index (κ2) is 7.93. The van der Waals surface area contributed by atoms with E-state index in [0.717, 1.165) is 18.2 Å². The highest BCUT2D eigenvalue weighted by molar-refractivity contribution is 6.31. The molecular weight excluding hydrogens is 369 g/mol. The molecular formula is C19H16ClF3O3. The van der Waals surface area contributed by atoms with E-state index in [1.165, 1.54) is 6.08 Å². The Kier molecular flexibility index (Phi) is 6.10. The van der Waals surface area contributed by atoms with Crippen LogP contribution in [0.1, 0.15) is 23.1 Å². The molecule has 7 heteroatoms. The number of carboxylic acids is 1. The molecule has 2 aromatic carbocycles. The molecule has 0 bridgehead atoms. The lowest BCUT2D eigenvalue weighted by Gasteiger charge is -2.35. The Balaban J connectivity index is 2.74. The summed E-state index contributed by atoms with van der Waals surface area (Å²) in [6.45, 7) is 2.92. The van der Waals surface area contributed by atoms with Gasteiger partial charge >= 0.3 is 12.1 Å². The van der Waals surface area contributed by atoms with Gasteiger partial charge in [0.15, 0.2) is 0 Å². The molecule has 26 heavy (non-hydrogen) atoms. The zero-order valence-electron chi connectivity index (χ0n) is 13.6. The molecule has 0 spiro atoms. The number of benzene rings is 2. The van der Waals surface area contributed by atoms with Crippen molar-refractivity contribution in [1.82, 2.24) is 0 Å². The van der Waals surface area contributed by atoms with Gasteiger partial charge in [0.05, 0.1) is 5.56 Å². The molecule has 1 unspecified atom stereocenters. The minimum Gasteiger partial charge on any atom is -0.480 e. The third-order valence-corrected chi connectivity index (χ3v) is 4.17. The van der Waals surface area contributed by atoms with Crippen molar-refractivity contribution in [3.63, 3.8) is 0 Å². The first-order valence-corrected chi connectivity index (χ1v) is 7.98. The number of carboxylic acid groups (broad SMARTS) is 1. The molecule has 138 valence electrons. The van der Waals surface area contributed by atoms with Gasteiger partial charge in [-0.15, -0.1) is 6.58 Å². The van der Waals surface area contributed by atoms with Crippen molar-refractivity contribution >= 4 is 17.6 Å². The summed E-state index contributed by atoms with van der Waals surface area (Å²) in [6.07, 6.45) is -3.10. The third-order valence-electron chi connectivity index (χ3n) is 3.84. The van der Waals surface area contributed by atoms with Gasteiger partial charge in [-0.1, -0.05) is 48.0 Å². The molecule has 0 amide bonds. The largest absolute Gasteiger partial charge is 0.480 e. The van der Waals surface area contributed by atoms with Crippen LogP contribution in [0.2, 0.25) is 5.02 Å². The van der Waals surface area contributed by atoms with Crippen molar-refractivity contribution in [3.8, 4) is 0 Å². The third kappa shape index (κ3) is 4.26. The van der Waals surface area contributed by atoms with Gasteiger partial charge in [0.2, 0.25) is 0 Å². The van der Waals surface area contributed by atoms with Crippen LogP contribution in [0.25, 0.3) is 0 Å². The number of hydrogen-bond donors (Lipinski definition) is 1. The Hall–Kier alpha value is -2.31. The lowest BCUT2D eigenvalue weighted by atomic mass is 9.82. The summed E-state index contributed by atoms with van der Waals surface area (Å²) in [6, 6.07) is 11.3. The quantitative estimate of drug-likeness (QED) is 0.661. The maximum Gasteiger partial charge on any atom is 0.416 e. The van der Waals surface area contributed by atoms with E-state index < -0.39 is 29.9 Å². The van der Waals surface area contributed by atoms with Crippen LogP contribution in [0.4, 0.5) is 13.2 Å². The molecule has 2 rings (SSSR count). The fourth-order valence-corrected chi connectivity index (χ4v) is 2.98. The van der Waals surface area contributed by atoms with Gasteiger partial charge in [-0.25, -0.2) is 4.79 Å². The van der Waals surface area contributed by atoms with Gasteiger partial charge in [-0.3, -0.25) is 0 Å². The van der Waals surface area contributed by atoms with Crippen molar-refractivity contribution in [2.24, 2.45) is 0 Å². The molecule has 0 radical (unpaired) electrons. The maximum absolute atomic E-state index is 13.2. The number of hydrogen-bond acceptors (Lipinski definition) is 2. The van der Waals surface area contributed by atoms with Crippen molar-refractivity contribution < 1.29 is 27.8 Å². The first-order chi connectivity index (χ1) is 12.2. The van der Waals surface area contributed by atoms with Gasteiger partial charge in [0.25, 0.3) is 0 Å². The molecule has 1 atom stereocenters. The van der Waals surface area contributed by atoms with E-state index in [1.807, 2.05) is 0 Å². The molecule has 0 fully saturated rings. The summed E-state index contributed by atoms with van der Waals surface area (Å²) in [5.74, 6) is -1.25.